The van der Waals surface area contributed by atoms with Crippen molar-refractivity contribution in [2.24, 2.45) is 5.41 Å². The summed E-state index contributed by atoms with van der Waals surface area (Å²) >= 11 is 0. The van der Waals surface area contributed by atoms with E-state index >= 15 is 0 Å². The maximum absolute atomic E-state index is 11.9. The van der Waals surface area contributed by atoms with E-state index in [-0.39, 0.29) is 6.61 Å². The van der Waals surface area contributed by atoms with Gasteiger partial charge in [0.1, 0.15) is 0 Å². The van der Waals surface area contributed by atoms with E-state index in [2.05, 4.69) is 20.8 Å². The van der Waals surface area contributed by atoms with Crippen LogP contribution >= 0.6 is 0 Å². The lowest BCUT2D eigenvalue weighted by Gasteiger charge is -2.35. The van der Waals surface area contributed by atoms with Gasteiger partial charge in [-0.3, -0.25) is 9.59 Å². The predicted octanol–water partition coefficient (Wildman–Crippen LogP) is 5.33. The van der Waals surface area contributed by atoms with Crippen LogP contribution in [0.15, 0.2) is 0 Å². The minimum Gasteiger partial charge on any atom is -0.481 e. The molecule has 0 aliphatic heterocycles. The van der Waals surface area contributed by atoms with Crippen molar-refractivity contribution in [3.8, 4) is 0 Å². The van der Waals surface area contributed by atoms with Gasteiger partial charge in [-0.1, -0.05) is 72.1 Å². The minimum atomic E-state index is -2.64. The summed E-state index contributed by atoms with van der Waals surface area (Å²) in [6, 6.07) is 0. The first-order chi connectivity index (χ1) is 14.6. The summed E-state index contributed by atoms with van der Waals surface area (Å²) in [6.45, 7) is 6.86. The SMILES string of the molecule is CCCCC(CCCC)(CCCC)CCCCCOC(=O)CC(O)(CC(=O)O)C(=O)O. The third-order valence-corrected chi connectivity index (χ3v) is 6.08. The molecule has 1 atom stereocenters. The topological polar surface area (TPSA) is 121 Å². The Morgan fingerprint density at radius 3 is 1.61 bits per heavy atom. The zero-order valence-electron chi connectivity index (χ0n) is 19.8. The van der Waals surface area contributed by atoms with Crippen LogP contribution in [0.3, 0.4) is 0 Å². The maximum Gasteiger partial charge on any atom is 0.336 e. The zero-order chi connectivity index (χ0) is 23.8. The van der Waals surface area contributed by atoms with Gasteiger partial charge in [0.2, 0.25) is 0 Å². The second-order valence-electron chi connectivity index (χ2n) is 8.93. The standard InChI is InChI=1S/C24H44O7/c1-4-7-13-23(14-8-5-2,15-9-6-3)16-11-10-12-17-31-21(27)19-24(30,22(28)29)18-20(25)26/h30H,4-19H2,1-3H3,(H,25,26)(H,28,29). The Balaban J connectivity index is 4.49. The largest absolute Gasteiger partial charge is 0.481 e. The van der Waals surface area contributed by atoms with E-state index in [0.29, 0.717) is 11.8 Å². The van der Waals surface area contributed by atoms with Crippen molar-refractivity contribution < 1.29 is 34.4 Å². The van der Waals surface area contributed by atoms with Gasteiger partial charge in [-0.05, 0) is 37.5 Å². The Hall–Kier alpha value is -1.63. The average Bonchev–Trinajstić information content (AvgIpc) is 2.70. The molecule has 0 radical (unpaired) electrons. The number of carboxylic acids is 2. The van der Waals surface area contributed by atoms with Gasteiger partial charge in [0.15, 0.2) is 5.60 Å². The molecule has 0 aromatic heterocycles. The van der Waals surface area contributed by atoms with E-state index < -0.39 is 36.4 Å². The molecule has 1 unspecified atom stereocenters. The molecular formula is C24H44O7. The van der Waals surface area contributed by atoms with E-state index in [1.54, 1.807) is 0 Å². The highest BCUT2D eigenvalue weighted by atomic mass is 16.5. The van der Waals surface area contributed by atoms with Crippen LogP contribution in [-0.4, -0.2) is 45.4 Å². The van der Waals surface area contributed by atoms with Gasteiger partial charge < -0.3 is 20.1 Å². The molecule has 182 valence electrons. The molecule has 7 nitrogen and oxygen atoms in total. The molecule has 0 bridgehead atoms. The van der Waals surface area contributed by atoms with Crippen LogP contribution < -0.4 is 0 Å². The van der Waals surface area contributed by atoms with Gasteiger partial charge in [-0.2, -0.15) is 0 Å². The minimum absolute atomic E-state index is 0.146. The van der Waals surface area contributed by atoms with Crippen LogP contribution in [0.5, 0.6) is 0 Å². The fourth-order valence-corrected chi connectivity index (χ4v) is 4.12. The fourth-order valence-electron chi connectivity index (χ4n) is 4.12. The molecule has 0 aromatic carbocycles. The summed E-state index contributed by atoms with van der Waals surface area (Å²) in [4.78, 5) is 33.7. The third kappa shape index (κ3) is 12.7. The zero-order valence-corrected chi connectivity index (χ0v) is 19.8. The summed E-state index contributed by atoms with van der Waals surface area (Å²) in [5.74, 6) is -4.13. The molecule has 0 aromatic rings. The van der Waals surface area contributed by atoms with Crippen LogP contribution in [0.25, 0.3) is 0 Å². The molecule has 7 heteroatoms. The number of unbranched alkanes of at least 4 members (excludes halogenated alkanes) is 5. The summed E-state index contributed by atoms with van der Waals surface area (Å²) in [5.41, 5.74) is -2.23. The highest BCUT2D eigenvalue weighted by Crippen LogP contribution is 2.41. The number of rotatable bonds is 20. The molecule has 3 N–H and O–H groups in total. The summed E-state index contributed by atoms with van der Waals surface area (Å²) < 4.78 is 5.04. The molecular weight excluding hydrogens is 400 g/mol. The molecule has 0 saturated heterocycles. The van der Waals surface area contributed by atoms with Crippen LogP contribution in [0.1, 0.15) is 117 Å². The highest BCUT2D eigenvalue weighted by molar-refractivity contribution is 5.88. The number of carbonyl (C=O) groups is 3. The van der Waals surface area contributed by atoms with Crippen molar-refractivity contribution in [1.82, 2.24) is 0 Å². The lowest BCUT2D eigenvalue weighted by Crippen LogP contribution is -2.43. The summed E-state index contributed by atoms with van der Waals surface area (Å²) in [5, 5.41) is 27.6. The Bertz CT molecular complexity index is 510. The van der Waals surface area contributed by atoms with Gasteiger partial charge in [-0.15, -0.1) is 0 Å². The molecule has 0 spiro atoms. The molecule has 31 heavy (non-hydrogen) atoms. The Morgan fingerprint density at radius 2 is 1.19 bits per heavy atom. The molecule has 0 aliphatic carbocycles. The second-order valence-corrected chi connectivity index (χ2v) is 8.93. The molecule has 0 fully saturated rings. The first-order valence-electron chi connectivity index (χ1n) is 12.0. The first-order valence-corrected chi connectivity index (χ1v) is 12.0. The van der Waals surface area contributed by atoms with Crippen molar-refractivity contribution in [2.75, 3.05) is 6.61 Å². The van der Waals surface area contributed by atoms with Crippen LogP contribution in [-0.2, 0) is 19.1 Å². The molecule has 0 heterocycles. The monoisotopic (exact) mass is 444 g/mol. The lowest BCUT2D eigenvalue weighted by molar-refractivity contribution is -0.172. The Kier molecular flexibility index (Phi) is 15.2. The molecule has 0 aliphatic rings. The van der Waals surface area contributed by atoms with Gasteiger partial charge >= 0.3 is 17.9 Å². The van der Waals surface area contributed by atoms with E-state index in [1.807, 2.05) is 0 Å². The third-order valence-electron chi connectivity index (χ3n) is 6.08. The molecule has 0 saturated carbocycles. The average molecular weight is 445 g/mol. The van der Waals surface area contributed by atoms with Crippen molar-refractivity contribution in [2.45, 2.75) is 123 Å². The van der Waals surface area contributed by atoms with Crippen molar-refractivity contribution >= 4 is 17.9 Å². The number of ether oxygens (including phenoxy) is 1. The van der Waals surface area contributed by atoms with Crippen LogP contribution in [0.2, 0.25) is 0 Å². The van der Waals surface area contributed by atoms with Crippen LogP contribution in [0.4, 0.5) is 0 Å². The van der Waals surface area contributed by atoms with Crippen LogP contribution in [0, 0.1) is 5.41 Å². The number of carbonyl (C=O) groups excluding carboxylic acids is 1. The van der Waals surface area contributed by atoms with Gasteiger partial charge in [0.05, 0.1) is 19.4 Å². The van der Waals surface area contributed by atoms with Crippen molar-refractivity contribution in [3.05, 3.63) is 0 Å². The number of esters is 1. The summed E-state index contributed by atoms with van der Waals surface area (Å²) in [6.07, 6.45) is 13.1. The summed E-state index contributed by atoms with van der Waals surface area (Å²) in [7, 11) is 0. The lowest BCUT2D eigenvalue weighted by atomic mass is 9.71. The van der Waals surface area contributed by atoms with Gasteiger partial charge in [0, 0.05) is 0 Å². The number of hydrogen-bond donors (Lipinski definition) is 3. The van der Waals surface area contributed by atoms with Gasteiger partial charge in [0.25, 0.3) is 0 Å². The number of aliphatic carboxylic acids is 2. The Morgan fingerprint density at radius 1 is 0.710 bits per heavy atom. The molecule has 0 rings (SSSR count). The quantitative estimate of drug-likeness (QED) is 0.171. The van der Waals surface area contributed by atoms with Crippen molar-refractivity contribution in [3.63, 3.8) is 0 Å². The normalized spacial score (nSPS) is 13.5. The van der Waals surface area contributed by atoms with Crippen molar-refractivity contribution in [1.29, 1.82) is 0 Å². The second kappa shape index (κ2) is 16.1. The van der Waals surface area contributed by atoms with E-state index in [9.17, 15) is 19.5 Å². The number of hydrogen-bond acceptors (Lipinski definition) is 5. The van der Waals surface area contributed by atoms with E-state index in [0.717, 1.165) is 12.8 Å². The van der Waals surface area contributed by atoms with E-state index in [1.165, 1.54) is 64.2 Å². The molecule has 0 amide bonds. The highest BCUT2D eigenvalue weighted by Gasteiger charge is 2.41. The number of aliphatic hydroxyl groups is 1. The van der Waals surface area contributed by atoms with E-state index in [4.69, 9.17) is 14.9 Å². The Labute approximate surface area is 187 Å². The predicted molar refractivity (Wildman–Crippen MR) is 120 cm³/mol. The maximum atomic E-state index is 11.9. The number of carboxylic acid groups (broad SMARTS) is 2. The smallest absolute Gasteiger partial charge is 0.336 e. The van der Waals surface area contributed by atoms with Gasteiger partial charge in [-0.25, -0.2) is 4.79 Å². The first kappa shape index (κ1) is 29.4. The fraction of sp³-hybridized carbons (Fsp3) is 0.875.